The SMILES string of the molecule is CNC(C)C1CCN(c2nccn3nc(C)cc23)CC1. The van der Waals surface area contributed by atoms with Crippen LogP contribution < -0.4 is 10.2 Å². The zero-order chi connectivity index (χ0) is 14.1. The van der Waals surface area contributed by atoms with Gasteiger partial charge < -0.3 is 10.2 Å². The van der Waals surface area contributed by atoms with Crippen molar-refractivity contribution in [1.29, 1.82) is 0 Å². The van der Waals surface area contributed by atoms with Gasteiger partial charge in [0.1, 0.15) is 5.52 Å². The first-order chi connectivity index (χ1) is 9.69. The van der Waals surface area contributed by atoms with Crippen molar-refractivity contribution in [1.82, 2.24) is 19.9 Å². The van der Waals surface area contributed by atoms with E-state index in [9.17, 15) is 0 Å². The van der Waals surface area contributed by atoms with Gasteiger partial charge in [-0.15, -0.1) is 0 Å². The predicted octanol–water partition coefficient (Wildman–Crippen LogP) is 1.86. The van der Waals surface area contributed by atoms with Crippen LogP contribution in [0.25, 0.3) is 5.52 Å². The summed E-state index contributed by atoms with van der Waals surface area (Å²) in [6.45, 7) is 6.46. The average Bonchev–Trinajstić information content (AvgIpc) is 2.86. The summed E-state index contributed by atoms with van der Waals surface area (Å²) in [4.78, 5) is 6.98. The summed E-state index contributed by atoms with van der Waals surface area (Å²) in [5.41, 5.74) is 2.16. The molecule has 1 unspecified atom stereocenters. The molecule has 3 rings (SSSR count). The summed E-state index contributed by atoms with van der Waals surface area (Å²) in [5, 5.41) is 7.84. The molecule has 5 nitrogen and oxygen atoms in total. The highest BCUT2D eigenvalue weighted by atomic mass is 15.3. The number of anilines is 1. The van der Waals surface area contributed by atoms with Gasteiger partial charge in [0.2, 0.25) is 0 Å². The molecular weight excluding hydrogens is 250 g/mol. The van der Waals surface area contributed by atoms with Gasteiger partial charge in [-0.25, -0.2) is 9.50 Å². The Kier molecular flexibility index (Phi) is 3.61. The van der Waals surface area contributed by atoms with Gasteiger partial charge in [-0.2, -0.15) is 5.10 Å². The zero-order valence-electron chi connectivity index (χ0n) is 12.5. The lowest BCUT2D eigenvalue weighted by atomic mass is 9.90. The molecule has 0 amide bonds. The molecular formula is C15H23N5. The Labute approximate surface area is 120 Å². The molecule has 1 fully saturated rings. The summed E-state index contributed by atoms with van der Waals surface area (Å²) in [6.07, 6.45) is 6.20. The zero-order valence-corrected chi connectivity index (χ0v) is 12.5. The number of nitrogens with zero attached hydrogens (tertiary/aromatic N) is 4. The quantitative estimate of drug-likeness (QED) is 0.927. The van der Waals surface area contributed by atoms with Crippen molar-refractivity contribution in [3.05, 3.63) is 24.2 Å². The van der Waals surface area contributed by atoms with E-state index in [0.717, 1.165) is 36.0 Å². The molecule has 5 heteroatoms. The Morgan fingerprint density at radius 2 is 2.10 bits per heavy atom. The Bertz CT molecular complexity index is 583. The number of aryl methyl sites for hydroxylation is 1. The van der Waals surface area contributed by atoms with Crippen LogP contribution in [0.4, 0.5) is 5.82 Å². The van der Waals surface area contributed by atoms with E-state index >= 15 is 0 Å². The van der Waals surface area contributed by atoms with E-state index in [2.05, 4.69) is 33.3 Å². The van der Waals surface area contributed by atoms with Crippen molar-refractivity contribution in [2.24, 2.45) is 5.92 Å². The molecule has 1 saturated heterocycles. The van der Waals surface area contributed by atoms with Crippen molar-refractivity contribution in [2.75, 3.05) is 25.0 Å². The fraction of sp³-hybridized carbons (Fsp3) is 0.600. The summed E-state index contributed by atoms with van der Waals surface area (Å²) in [5.74, 6) is 1.84. The lowest BCUT2D eigenvalue weighted by molar-refractivity contribution is 0.323. The Hall–Kier alpha value is -1.62. The number of hydrogen-bond acceptors (Lipinski definition) is 4. The van der Waals surface area contributed by atoms with Crippen LogP contribution in [-0.4, -0.2) is 40.8 Å². The molecule has 1 aliphatic heterocycles. The number of piperidine rings is 1. The van der Waals surface area contributed by atoms with Crippen LogP contribution in [-0.2, 0) is 0 Å². The van der Waals surface area contributed by atoms with Crippen LogP contribution in [0.3, 0.4) is 0 Å². The topological polar surface area (TPSA) is 45.5 Å². The maximum atomic E-state index is 4.58. The average molecular weight is 273 g/mol. The lowest BCUT2D eigenvalue weighted by Crippen LogP contribution is -2.41. The molecule has 0 saturated carbocycles. The van der Waals surface area contributed by atoms with E-state index in [1.165, 1.54) is 12.8 Å². The van der Waals surface area contributed by atoms with Crippen LogP contribution in [0.5, 0.6) is 0 Å². The monoisotopic (exact) mass is 273 g/mol. The number of aromatic nitrogens is 3. The van der Waals surface area contributed by atoms with Gasteiger partial charge in [0.05, 0.1) is 5.69 Å². The first kappa shape index (κ1) is 13.4. The lowest BCUT2D eigenvalue weighted by Gasteiger charge is -2.35. The second-order valence-electron chi connectivity index (χ2n) is 5.77. The molecule has 0 bridgehead atoms. The van der Waals surface area contributed by atoms with Gasteiger partial charge in [-0.3, -0.25) is 0 Å². The molecule has 3 heterocycles. The molecule has 1 atom stereocenters. The molecule has 0 spiro atoms. The third kappa shape index (κ3) is 2.38. The first-order valence-corrected chi connectivity index (χ1v) is 7.42. The van der Waals surface area contributed by atoms with Gasteiger partial charge in [0.25, 0.3) is 0 Å². The number of nitrogens with one attached hydrogen (secondary N) is 1. The molecule has 0 aromatic carbocycles. The van der Waals surface area contributed by atoms with Gasteiger partial charge in [0.15, 0.2) is 5.82 Å². The fourth-order valence-corrected chi connectivity index (χ4v) is 3.12. The van der Waals surface area contributed by atoms with Crippen LogP contribution in [0.2, 0.25) is 0 Å². The highest BCUT2D eigenvalue weighted by Crippen LogP contribution is 2.26. The molecule has 20 heavy (non-hydrogen) atoms. The van der Waals surface area contributed by atoms with Gasteiger partial charge in [-0.05, 0) is 45.7 Å². The second-order valence-corrected chi connectivity index (χ2v) is 5.77. The maximum absolute atomic E-state index is 4.58. The Balaban J connectivity index is 1.80. The summed E-state index contributed by atoms with van der Waals surface area (Å²) < 4.78 is 1.93. The highest BCUT2D eigenvalue weighted by Gasteiger charge is 2.24. The normalized spacial score (nSPS) is 18.6. The van der Waals surface area contributed by atoms with Crippen molar-refractivity contribution in [2.45, 2.75) is 32.7 Å². The van der Waals surface area contributed by atoms with E-state index in [1.54, 1.807) is 0 Å². The van der Waals surface area contributed by atoms with E-state index < -0.39 is 0 Å². The van der Waals surface area contributed by atoms with Crippen molar-refractivity contribution in [3.8, 4) is 0 Å². The largest absolute Gasteiger partial charge is 0.355 e. The predicted molar refractivity (Wildman–Crippen MR) is 81.2 cm³/mol. The molecule has 2 aromatic heterocycles. The Morgan fingerprint density at radius 1 is 1.35 bits per heavy atom. The summed E-state index contributed by atoms with van der Waals surface area (Å²) >= 11 is 0. The number of fused-ring (bicyclic) bond motifs is 1. The van der Waals surface area contributed by atoms with Crippen molar-refractivity contribution >= 4 is 11.3 Å². The molecule has 0 aliphatic carbocycles. The van der Waals surface area contributed by atoms with Gasteiger partial charge >= 0.3 is 0 Å². The minimum Gasteiger partial charge on any atom is -0.355 e. The highest BCUT2D eigenvalue weighted by molar-refractivity contribution is 5.69. The van der Waals surface area contributed by atoms with Gasteiger partial charge in [-0.1, -0.05) is 0 Å². The summed E-state index contributed by atoms with van der Waals surface area (Å²) in [6, 6.07) is 2.71. The molecule has 1 aliphatic rings. The molecule has 1 N–H and O–H groups in total. The standard InChI is InChI=1S/C15H23N5/c1-11-10-14-15(17-6-9-20(14)18-11)19-7-4-13(5-8-19)12(2)16-3/h6,9-10,12-13,16H,4-5,7-8H2,1-3H3. The summed E-state index contributed by atoms with van der Waals surface area (Å²) in [7, 11) is 2.05. The van der Waals surface area contributed by atoms with Crippen LogP contribution in [0.1, 0.15) is 25.5 Å². The minimum absolute atomic E-state index is 0.595. The maximum Gasteiger partial charge on any atom is 0.154 e. The van der Waals surface area contributed by atoms with E-state index in [0.29, 0.717) is 6.04 Å². The first-order valence-electron chi connectivity index (χ1n) is 7.42. The van der Waals surface area contributed by atoms with Crippen molar-refractivity contribution < 1.29 is 0 Å². The second kappa shape index (κ2) is 5.40. The van der Waals surface area contributed by atoms with Gasteiger partial charge in [0, 0.05) is 31.5 Å². The third-order valence-electron chi connectivity index (χ3n) is 4.49. The number of hydrogen-bond donors (Lipinski definition) is 1. The Morgan fingerprint density at radius 3 is 2.80 bits per heavy atom. The molecule has 108 valence electrons. The van der Waals surface area contributed by atoms with Crippen molar-refractivity contribution in [3.63, 3.8) is 0 Å². The third-order valence-corrected chi connectivity index (χ3v) is 4.49. The molecule has 0 radical (unpaired) electrons. The van der Waals surface area contributed by atoms with Crippen LogP contribution in [0.15, 0.2) is 18.5 Å². The smallest absolute Gasteiger partial charge is 0.154 e. The van der Waals surface area contributed by atoms with E-state index in [4.69, 9.17) is 0 Å². The van der Waals surface area contributed by atoms with Crippen LogP contribution in [0, 0.1) is 12.8 Å². The molecule has 2 aromatic rings. The number of rotatable bonds is 3. The van der Waals surface area contributed by atoms with E-state index in [-0.39, 0.29) is 0 Å². The minimum atomic E-state index is 0.595. The van der Waals surface area contributed by atoms with E-state index in [1.807, 2.05) is 30.9 Å². The fourth-order valence-electron chi connectivity index (χ4n) is 3.12. The van der Waals surface area contributed by atoms with Crippen LogP contribution >= 0.6 is 0 Å².